The molecule has 2 aromatic rings. The first-order chi connectivity index (χ1) is 12.0. The molecule has 2 aliphatic rings. The molecule has 4 rings (SSSR count). The zero-order chi connectivity index (χ0) is 17.6. The van der Waals surface area contributed by atoms with Crippen LogP contribution in [0.3, 0.4) is 0 Å². The normalized spacial score (nSPS) is 24.2. The summed E-state index contributed by atoms with van der Waals surface area (Å²) >= 11 is 5.55. The van der Waals surface area contributed by atoms with E-state index in [0.717, 1.165) is 5.56 Å². The number of hydrogen-bond acceptors (Lipinski definition) is 3. The summed E-state index contributed by atoms with van der Waals surface area (Å²) in [5, 5.41) is 3.78. The molecule has 0 spiro atoms. The lowest BCUT2D eigenvalue weighted by molar-refractivity contribution is 0.0452. The maximum Gasteiger partial charge on any atom is 0.188 e. The minimum absolute atomic E-state index is 0.00433. The van der Waals surface area contributed by atoms with E-state index >= 15 is 0 Å². The molecular weight excluding hydrogens is 339 g/mol. The molecule has 2 aliphatic heterocycles. The van der Waals surface area contributed by atoms with Crippen LogP contribution in [0, 0.1) is 5.82 Å². The lowest BCUT2D eigenvalue weighted by Crippen LogP contribution is -2.65. The van der Waals surface area contributed by atoms with Crippen molar-refractivity contribution in [3.63, 3.8) is 0 Å². The maximum atomic E-state index is 14.4. The number of benzene rings is 2. The van der Waals surface area contributed by atoms with Crippen LogP contribution in [-0.4, -0.2) is 17.4 Å². The molecule has 2 atom stereocenters. The third-order valence-electron chi connectivity index (χ3n) is 4.66. The van der Waals surface area contributed by atoms with Crippen LogP contribution in [-0.2, 0) is 0 Å². The summed E-state index contributed by atoms with van der Waals surface area (Å²) in [4.78, 5) is 1.72. The Morgan fingerprint density at radius 2 is 2.12 bits per heavy atom. The number of hydrogen-bond donors (Lipinski definition) is 1. The van der Waals surface area contributed by atoms with Crippen LogP contribution in [0.1, 0.15) is 31.9 Å². The zero-order valence-corrected chi connectivity index (χ0v) is 14.9. The number of fused-ring (bicyclic) bond motifs is 4. The van der Waals surface area contributed by atoms with Gasteiger partial charge in [-0.2, -0.15) is 0 Å². The molecule has 1 fully saturated rings. The van der Waals surface area contributed by atoms with E-state index in [9.17, 15) is 4.39 Å². The molecule has 2 aromatic carbocycles. The molecule has 2 heterocycles. The van der Waals surface area contributed by atoms with Crippen LogP contribution in [0.4, 0.5) is 10.1 Å². The highest BCUT2D eigenvalue weighted by molar-refractivity contribution is 7.80. The van der Waals surface area contributed by atoms with Gasteiger partial charge >= 0.3 is 0 Å². The quantitative estimate of drug-likeness (QED) is 0.834. The van der Waals surface area contributed by atoms with Gasteiger partial charge in [0.25, 0.3) is 0 Å². The highest BCUT2D eigenvalue weighted by atomic mass is 32.1. The summed E-state index contributed by atoms with van der Waals surface area (Å²) in [6, 6.07) is 12.4. The molecule has 0 radical (unpaired) electrons. The van der Waals surface area contributed by atoms with Crippen LogP contribution >= 0.6 is 12.2 Å². The van der Waals surface area contributed by atoms with Crippen LogP contribution in [0.25, 0.3) is 0 Å². The molecule has 2 bridgehead atoms. The maximum absolute atomic E-state index is 14.4. The first-order valence-corrected chi connectivity index (χ1v) is 8.74. The predicted molar refractivity (Wildman–Crippen MR) is 98.6 cm³/mol. The van der Waals surface area contributed by atoms with Crippen LogP contribution in [0.5, 0.6) is 11.5 Å². The number of anilines is 1. The Morgan fingerprint density at radius 3 is 2.88 bits per heavy atom. The summed E-state index contributed by atoms with van der Waals surface area (Å²) in [7, 11) is 0. The highest BCUT2D eigenvalue weighted by Gasteiger charge is 2.49. The van der Waals surface area contributed by atoms with Gasteiger partial charge in [0.2, 0.25) is 0 Å². The second-order valence-electron chi connectivity index (χ2n) is 6.38. The third kappa shape index (κ3) is 2.52. The molecule has 1 N–H and O–H groups in total. The number of rotatable bonds is 3. The van der Waals surface area contributed by atoms with Gasteiger partial charge in [0.1, 0.15) is 5.82 Å². The van der Waals surface area contributed by atoms with Gasteiger partial charge in [-0.3, -0.25) is 4.90 Å². The average Bonchev–Trinajstić information content (AvgIpc) is 2.57. The van der Waals surface area contributed by atoms with E-state index in [1.807, 2.05) is 32.0 Å². The first kappa shape index (κ1) is 16.1. The summed E-state index contributed by atoms with van der Waals surface area (Å²) < 4.78 is 26.5. The summed E-state index contributed by atoms with van der Waals surface area (Å²) in [6.07, 6.45) is 0.643. The number of nitrogens with zero attached hydrogens (tertiary/aromatic N) is 1. The Labute approximate surface area is 151 Å². The van der Waals surface area contributed by atoms with Gasteiger partial charge < -0.3 is 14.8 Å². The standard InChI is InChI=1S/C19H19FN2O2S/c1-3-23-16-10-6-7-12-14-11-19(2,24-17(12)16)22(18(25)21-14)15-9-5-4-8-13(15)20/h4-10,14H,3,11H2,1-2H3,(H,21,25). The van der Waals surface area contributed by atoms with Gasteiger partial charge in [0, 0.05) is 12.0 Å². The van der Waals surface area contributed by atoms with Gasteiger partial charge in [-0.25, -0.2) is 4.39 Å². The van der Waals surface area contributed by atoms with E-state index in [1.54, 1.807) is 23.1 Å². The number of para-hydroxylation sites is 2. The van der Waals surface area contributed by atoms with Crippen molar-refractivity contribution in [3.05, 3.63) is 53.8 Å². The van der Waals surface area contributed by atoms with E-state index in [4.69, 9.17) is 21.7 Å². The summed E-state index contributed by atoms with van der Waals surface area (Å²) in [5.41, 5.74) is 0.618. The van der Waals surface area contributed by atoms with Gasteiger partial charge in [-0.15, -0.1) is 0 Å². The fraction of sp³-hybridized carbons (Fsp3) is 0.316. The Hall–Kier alpha value is -2.34. The average molecular weight is 358 g/mol. The third-order valence-corrected chi connectivity index (χ3v) is 4.96. The lowest BCUT2D eigenvalue weighted by Gasteiger charge is -2.52. The molecule has 0 aromatic heterocycles. The molecular formula is C19H19FN2O2S. The highest BCUT2D eigenvalue weighted by Crippen LogP contribution is 2.49. The van der Waals surface area contributed by atoms with E-state index in [0.29, 0.717) is 35.3 Å². The van der Waals surface area contributed by atoms with Gasteiger partial charge in [0.05, 0.1) is 18.3 Å². The Kier molecular flexibility index (Phi) is 3.80. The molecule has 0 amide bonds. The monoisotopic (exact) mass is 358 g/mol. The van der Waals surface area contributed by atoms with Crippen molar-refractivity contribution in [2.24, 2.45) is 0 Å². The number of nitrogens with one attached hydrogen (secondary N) is 1. The largest absolute Gasteiger partial charge is 0.490 e. The van der Waals surface area contributed by atoms with E-state index < -0.39 is 5.72 Å². The SMILES string of the molecule is CCOc1cccc2c1OC1(C)CC2NC(=S)N1c1ccccc1F. The molecule has 1 saturated heterocycles. The lowest BCUT2D eigenvalue weighted by atomic mass is 9.90. The molecule has 0 saturated carbocycles. The Balaban J connectivity index is 1.82. The molecule has 0 aliphatic carbocycles. The minimum atomic E-state index is -0.796. The molecule has 25 heavy (non-hydrogen) atoms. The second-order valence-corrected chi connectivity index (χ2v) is 6.76. The fourth-order valence-electron chi connectivity index (χ4n) is 3.63. The van der Waals surface area contributed by atoms with Crippen molar-refractivity contribution < 1.29 is 13.9 Å². The van der Waals surface area contributed by atoms with Crippen molar-refractivity contribution in [1.29, 1.82) is 0 Å². The van der Waals surface area contributed by atoms with Gasteiger partial charge in [-0.1, -0.05) is 24.3 Å². The van der Waals surface area contributed by atoms with Crippen LogP contribution in [0.2, 0.25) is 0 Å². The van der Waals surface area contributed by atoms with Crippen molar-refractivity contribution in [2.45, 2.75) is 32.0 Å². The predicted octanol–water partition coefficient (Wildman–Crippen LogP) is 4.16. The number of ether oxygens (including phenoxy) is 2. The van der Waals surface area contributed by atoms with Crippen molar-refractivity contribution in [2.75, 3.05) is 11.5 Å². The van der Waals surface area contributed by atoms with Gasteiger partial charge in [0.15, 0.2) is 22.3 Å². The summed E-state index contributed by atoms with van der Waals surface area (Å²) in [6.45, 7) is 4.42. The summed E-state index contributed by atoms with van der Waals surface area (Å²) in [5.74, 6) is 1.05. The topological polar surface area (TPSA) is 33.7 Å². The number of halogens is 1. The molecule has 130 valence electrons. The smallest absolute Gasteiger partial charge is 0.188 e. The second kappa shape index (κ2) is 5.88. The fourth-order valence-corrected chi connectivity index (χ4v) is 4.06. The van der Waals surface area contributed by atoms with Crippen molar-refractivity contribution in [3.8, 4) is 11.5 Å². The zero-order valence-electron chi connectivity index (χ0n) is 14.1. The van der Waals surface area contributed by atoms with Crippen LogP contribution in [0.15, 0.2) is 42.5 Å². The molecule has 6 heteroatoms. The molecule has 2 unspecified atom stereocenters. The molecule has 4 nitrogen and oxygen atoms in total. The Morgan fingerprint density at radius 1 is 1.32 bits per heavy atom. The van der Waals surface area contributed by atoms with E-state index in [2.05, 4.69) is 5.32 Å². The van der Waals surface area contributed by atoms with E-state index in [1.165, 1.54) is 6.07 Å². The van der Waals surface area contributed by atoms with Gasteiger partial charge in [-0.05, 0) is 44.3 Å². The van der Waals surface area contributed by atoms with Crippen molar-refractivity contribution >= 4 is 23.0 Å². The van der Waals surface area contributed by atoms with Crippen LogP contribution < -0.4 is 19.7 Å². The number of thiocarbonyl (C=S) groups is 1. The Bertz CT molecular complexity index is 844. The first-order valence-electron chi connectivity index (χ1n) is 8.33. The van der Waals surface area contributed by atoms with E-state index in [-0.39, 0.29) is 11.9 Å². The van der Waals surface area contributed by atoms with Crippen molar-refractivity contribution in [1.82, 2.24) is 5.32 Å². The minimum Gasteiger partial charge on any atom is -0.490 e.